The first-order valence-electron chi connectivity index (χ1n) is 7.65. The second kappa shape index (κ2) is 9.77. The number of aryl methyl sites for hydroxylation is 1. The molecule has 0 unspecified atom stereocenters. The first kappa shape index (κ1) is 18.9. The van der Waals surface area contributed by atoms with Gasteiger partial charge in [0.15, 0.2) is 0 Å². The van der Waals surface area contributed by atoms with Gasteiger partial charge in [-0.1, -0.05) is 64.2 Å². The van der Waals surface area contributed by atoms with Crippen molar-refractivity contribution in [3.8, 4) is 5.75 Å². The lowest BCUT2D eigenvalue weighted by Gasteiger charge is -2.11. The van der Waals surface area contributed by atoms with Crippen molar-refractivity contribution in [2.45, 2.75) is 58.8 Å². The highest BCUT2D eigenvalue weighted by Gasteiger charge is 2.17. The first-order valence-corrected chi connectivity index (χ1v) is 11.1. The maximum Gasteiger partial charge on any atom is 0.428 e. The predicted molar refractivity (Wildman–Crippen MR) is 92.6 cm³/mol. The molecule has 120 valence electrons. The molecule has 0 saturated heterocycles. The van der Waals surface area contributed by atoms with Crippen molar-refractivity contribution in [2.75, 3.05) is 0 Å². The summed E-state index contributed by atoms with van der Waals surface area (Å²) in [4.78, 5) is 0. The van der Waals surface area contributed by atoms with Gasteiger partial charge in [0.1, 0.15) is 5.75 Å². The van der Waals surface area contributed by atoms with E-state index in [1.807, 2.05) is 18.2 Å². The van der Waals surface area contributed by atoms with E-state index in [1.54, 1.807) is 6.07 Å². The number of rotatable bonds is 10. The molecule has 0 atom stereocenters. The third kappa shape index (κ3) is 9.45. The van der Waals surface area contributed by atoms with Crippen molar-refractivity contribution in [3.05, 3.63) is 29.8 Å². The van der Waals surface area contributed by atoms with Crippen LogP contribution in [0.5, 0.6) is 5.75 Å². The van der Waals surface area contributed by atoms with Crippen LogP contribution in [-0.4, -0.2) is 0 Å². The molecule has 0 radical (unpaired) electrons. The van der Waals surface area contributed by atoms with E-state index in [0.717, 1.165) is 24.3 Å². The number of hydrogen-bond donors (Lipinski definition) is 0. The molecule has 5 heteroatoms. The molecule has 0 aliphatic rings. The molecule has 0 aliphatic heterocycles. The molecule has 0 bridgehead atoms. The SMILES string of the molecule is CC(C)CCCCCCCc1ccccc1OP(=O)(Cl)Cl. The molecule has 0 heterocycles. The Morgan fingerprint density at radius 2 is 1.67 bits per heavy atom. The molecule has 1 aromatic carbocycles. The molecule has 0 amide bonds. The van der Waals surface area contributed by atoms with Gasteiger partial charge in [-0.25, -0.2) is 4.57 Å². The second-order valence-corrected chi connectivity index (χ2v) is 10.0. The number of unbranched alkanes of at least 4 members (excludes halogenated alkanes) is 4. The van der Waals surface area contributed by atoms with Gasteiger partial charge in [-0.2, -0.15) is 0 Å². The third-order valence-corrected chi connectivity index (χ3v) is 4.23. The Kier molecular flexibility index (Phi) is 8.78. The van der Waals surface area contributed by atoms with Crippen LogP contribution in [0.15, 0.2) is 24.3 Å². The Hall–Kier alpha value is -0.170. The molecule has 1 aromatic rings. The fourth-order valence-corrected chi connectivity index (χ4v) is 3.17. The van der Waals surface area contributed by atoms with Gasteiger partial charge in [0.25, 0.3) is 0 Å². The fraction of sp³-hybridized carbons (Fsp3) is 0.625. The fourth-order valence-electron chi connectivity index (χ4n) is 2.31. The van der Waals surface area contributed by atoms with Crippen LogP contribution in [-0.2, 0) is 11.0 Å². The van der Waals surface area contributed by atoms with Crippen LogP contribution in [0, 0.1) is 5.92 Å². The highest BCUT2D eigenvalue weighted by molar-refractivity contribution is 8.05. The molecule has 0 spiro atoms. The van der Waals surface area contributed by atoms with E-state index >= 15 is 0 Å². The lowest BCUT2D eigenvalue weighted by Crippen LogP contribution is -1.92. The number of hydrogen-bond acceptors (Lipinski definition) is 2. The Bertz CT molecular complexity index is 457. The summed E-state index contributed by atoms with van der Waals surface area (Å²) in [6, 6.07) is 7.50. The minimum absolute atomic E-state index is 0.533. The summed E-state index contributed by atoms with van der Waals surface area (Å²) < 4.78 is 16.5. The summed E-state index contributed by atoms with van der Waals surface area (Å²) in [5.74, 6) is 1.33. The molecule has 2 nitrogen and oxygen atoms in total. The van der Waals surface area contributed by atoms with Crippen molar-refractivity contribution in [3.63, 3.8) is 0 Å². The standard InChI is InChI=1S/C16H25Cl2O2P/c1-14(2)10-6-4-3-5-7-11-15-12-8-9-13-16(15)20-21(17,18)19/h8-9,12-14H,3-7,10-11H2,1-2H3. The Morgan fingerprint density at radius 1 is 1.05 bits per heavy atom. The predicted octanol–water partition coefficient (Wildman–Crippen LogP) is 7.19. The van der Waals surface area contributed by atoms with Crippen LogP contribution in [0.1, 0.15) is 57.9 Å². The minimum Gasteiger partial charge on any atom is -0.422 e. The average Bonchev–Trinajstić information content (AvgIpc) is 2.37. The van der Waals surface area contributed by atoms with Gasteiger partial charge in [0.2, 0.25) is 0 Å². The van der Waals surface area contributed by atoms with Gasteiger partial charge in [-0.15, -0.1) is 0 Å². The smallest absolute Gasteiger partial charge is 0.422 e. The maximum absolute atomic E-state index is 11.3. The maximum atomic E-state index is 11.3. The lowest BCUT2D eigenvalue weighted by molar-refractivity contribution is 0.504. The van der Waals surface area contributed by atoms with E-state index in [4.69, 9.17) is 27.0 Å². The van der Waals surface area contributed by atoms with Crippen molar-refractivity contribution in [2.24, 2.45) is 5.92 Å². The topological polar surface area (TPSA) is 26.3 Å². The summed E-state index contributed by atoms with van der Waals surface area (Å²) in [6.45, 7) is 4.53. The molecular weight excluding hydrogens is 326 g/mol. The van der Waals surface area contributed by atoms with Crippen molar-refractivity contribution >= 4 is 28.6 Å². The molecule has 1 rings (SSSR count). The summed E-state index contributed by atoms with van der Waals surface area (Å²) in [6.07, 6.45) is 4.86. The van der Waals surface area contributed by atoms with Crippen LogP contribution in [0.3, 0.4) is 0 Å². The van der Waals surface area contributed by atoms with Crippen LogP contribution >= 0.6 is 28.6 Å². The normalized spacial score (nSPS) is 11.9. The number of benzene rings is 1. The van der Waals surface area contributed by atoms with E-state index in [2.05, 4.69) is 13.8 Å². The summed E-state index contributed by atoms with van der Waals surface area (Å²) in [5, 5.41) is 0. The molecule has 0 saturated carbocycles. The average molecular weight is 351 g/mol. The Morgan fingerprint density at radius 3 is 2.33 bits per heavy atom. The summed E-state index contributed by atoms with van der Waals surface area (Å²) in [7, 11) is 0. The Labute approximate surface area is 138 Å². The lowest BCUT2D eigenvalue weighted by atomic mass is 10.0. The van der Waals surface area contributed by atoms with Crippen LogP contribution in [0.2, 0.25) is 0 Å². The molecule has 0 fully saturated rings. The van der Waals surface area contributed by atoms with Gasteiger partial charge in [-0.3, -0.25) is 0 Å². The zero-order valence-electron chi connectivity index (χ0n) is 12.9. The van der Waals surface area contributed by atoms with Crippen LogP contribution < -0.4 is 4.52 Å². The molecule has 0 aromatic heterocycles. The molecular formula is C16H25Cl2O2P. The van der Waals surface area contributed by atoms with Gasteiger partial charge in [0, 0.05) is 22.5 Å². The zero-order valence-corrected chi connectivity index (χ0v) is 15.3. The molecule has 0 N–H and O–H groups in total. The van der Waals surface area contributed by atoms with Gasteiger partial charge < -0.3 is 4.52 Å². The quantitative estimate of drug-likeness (QED) is 0.329. The zero-order chi connectivity index (χ0) is 15.7. The third-order valence-electron chi connectivity index (χ3n) is 3.40. The highest BCUT2D eigenvalue weighted by atomic mass is 35.9. The van der Waals surface area contributed by atoms with Crippen LogP contribution in [0.25, 0.3) is 0 Å². The summed E-state index contributed by atoms with van der Waals surface area (Å²) in [5.41, 5.74) is 1.02. The van der Waals surface area contributed by atoms with E-state index < -0.39 is 6.07 Å². The number of para-hydroxylation sites is 1. The van der Waals surface area contributed by atoms with Gasteiger partial charge in [0.05, 0.1) is 0 Å². The molecule has 0 aliphatic carbocycles. The molecule has 21 heavy (non-hydrogen) atoms. The second-order valence-electron chi connectivity index (χ2n) is 5.81. The monoisotopic (exact) mass is 350 g/mol. The minimum atomic E-state index is -3.53. The van der Waals surface area contributed by atoms with E-state index in [1.165, 1.54) is 32.1 Å². The van der Waals surface area contributed by atoms with E-state index in [-0.39, 0.29) is 0 Å². The van der Waals surface area contributed by atoms with E-state index in [0.29, 0.717) is 5.75 Å². The Balaban J connectivity index is 2.30. The van der Waals surface area contributed by atoms with Crippen molar-refractivity contribution < 1.29 is 9.09 Å². The first-order chi connectivity index (χ1) is 9.88. The van der Waals surface area contributed by atoms with Crippen molar-refractivity contribution in [1.29, 1.82) is 0 Å². The van der Waals surface area contributed by atoms with Gasteiger partial charge >= 0.3 is 6.07 Å². The van der Waals surface area contributed by atoms with Gasteiger partial charge in [-0.05, 0) is 30.4 Å². The van der Waals surface area contributed by atoms with Crippen LogP contribution in [0.4, 0.5) is 0 Å². The largest absolute Gasteiger partial charge is 0.428 e. The highest BCUT2D eigenvalue weighted by Crippen LogP contribution is 2.57. The van der Waals surface area contributed by atoms with E-state index in [9.17, 15) is 4.57 Å². The number of halogens is 2. The summed E-state index contributed by atoms with van der Waals surface area (Å²) >= 11 is 11.0. The van der Waals surface area contributed by atoms with Crippen molar-refractivity contribution in [1.82, 2.24) is 0 Å².